The van der Waals surface area contributed by atoms with Crippen molar-refractivity contribution in [3.05, 3.63) is 0 Å². The molecule has 15 heavy (non-hydrogen) atoms. The molecule has 1 unspecified atom stereocenters. The maximum absolute atomic E-state index is 12.2. The average molecular weight is 210 g/mol. The topological polar surface area (TPSA) is 32.3 Å². The lowest BCUT2D eigenvalue weighted by atomic mass is 10.1. The van der Waals surface area contributed by atoms with Gasteiger partial charge in [-0.1, -0.05) is 12.8 Å². The van der Waals surface area contributed by atoms with E-state index >= 15 is 0 Å². The van der Waals surface area contributed by atoms with Crippen molar-refractivity contribution in [3.63, 3.8) is 0 Å². The summed E-state index contributed by atoms with van der Waals surface area (Å²) in [6, 6.07) is 0.667. The summed E-state index contributed by atoms with van der Waals surface area (Å²) >= 11 is 0. The number of carbonyl (C=O) groups is 1. The first kappa shape index (κ1) is 10.9. The van der Waals surface area contributed by atoms with Crippen LogP contribution >= 0.6 is 0 Å². The molecule has 86 valence electrons. The summed E-state index contributed by atoms with van der Waals surface area (Å²) < 4.78 is 0. The maximum atomic E-state index is 12.2. The van der Waals surface area contributed by atoms with Crippen LogP contribution in [0.1, 0.15) is 45.4 Å². The number of rotatable bonds is 3. The SMILES string of the molecule is CCN(C(=O)C1CCCCCN1)C1CC1. The molecule has 0 radical (unpaired) electrons. The van der Waals surface area contributed by atoms with E-state index in [4.69, 9.17) is 0 Å². The number of amides is 1. The number of nitrogens with zero attached hydrogens (tertiary/aromatic N) is 1. The summed E-state index contributed by atoms with van der Waals surface area (Å²) in [5.74, 6) is 0.349. The number of carbonyl (C=O) groups excluding carboxylic acids is 1. The Bertz CT molecular complexity index is 218. The van der Waals surface area contributed by atoms with E-state index in [-0.39, 0.29) is 6.04 Å². The maximum Gasteiger partial charge on any atom is 0.239 e. The molecule has 0 aromatic carbocycles. The van der Waals surface area contributed by atoms with Gasteiger partial charge in [-0.2, -0.15) is 0 Å². The van der Waals surface area contributed by atoms with Gasteiger partial charge in [-0.3, -0.25) is 4.79 Å². The highest BCUT2D eigenvalue weighted by Crippen LogP contribution is 2.27. The molecule has 2 rings (SSSR count). The third-order valence-electron chi connectivity index (χ3n) is 3.47. The zero-order chi connectivity index (χ0) is 10.7. The van der Waals surface area contributed by atoms with Crippen LogP contribution in [0.15, 0.2) is 0 Å². The molecule has 1 N–H and O–H groups in total. The molecule has 1 amide bonds. The minimum atomic E-state index is 0.105. The Labute approximate surface area is 92.2 Å². The molecule has 1 saturated heterocycles. The van der Waals surface area contributed by atoms with Gasteiger partial charge in [-0.15, -0.1) is 0 Å². The van der Waals surface area contributed by atoms with Crippen LogP contribution in [0, 0.1) is 0 Å². The lowest BCUT2D eigenvalue weighted by molar-refractivity contribution is -0.133. The van der Waals surface area contributed by atoms with Gasteiger partial charge in [0.25, 0.3) is 0 Å². The minimum absolute atomic E-state index is 0.105. The first-order chi connectivity index (χ1) is 7.33. The first-order valence-electron chi connectivity index (χ1n) is 6.36. The Hall–Kier alpha value is -0.570. The lowest BCUT2D eigenvalue weighted by Gasteiger charge is -2.26. The number of nitrogens with one attached hydrogen (secondary N) is 1. The first-order valence-corrected chi connectivity index (χ1v) is 6.36. The molecule has 0 aromatic heterocycles. The van der Waals surface area contributed by atoms with Gasteiger partial charge in [0.1, 0.15) is 0 Å². The number of likely N-dealkylation sites (N-methyl/N-ethyl adjacent to an activating group) is 1. The molecular weight excluding hydrogens is 188 g/mol. The van der Waals surface area contributed by atoms with Gasteiger partial charge in [0.15, 0.2) is 0 Å². The molecule has 0 aromatic rings. The van der Waals surface area contributed by atoms with E-state index in [1.54, 1.807) is 0 Å². The van der Waals surface area contributed by atoms with Gasteiger partial charge >= 0.3 is 0 Å². The number of hydrogen-bond acceptors (Lipinski definition) is 2. The molecule has 1 heterocycles. The van der Waals surface area contributed by atoms with Crippen molar-refractivity contribution < 1.29 is 4.79 Å². The van der Waals surface area contributed by atoms with E-state index in [9.17, 15) is 4.79 Å². The Balaban J connectivity index is 1.91. The van der Waals surface area contributed by atoms with Crippen molar-refractivity contribution >= 4 is 5.91 Å². The van der Waals surface area contributed by atoms with Crippen LogP contribution < -0.4 is 5.32 Å². The predicted molar refractivity (Wildman–Crippen MR) is 60.7 cm³/mol. The van der Waals surface area contributed by atoms with E-state index in [1.807, 2.05) is 0 Å². The highest BCUT2D eigenvalue weighted by atomic mass is 16.2. The molecule has 3 heteroatoms. The van der Waals surface area contributed by atoms with Crippen LogP contribution in [-0.2, 0) is 4.79 Å². The van der Waals surface area contributed by atoms with Crippen molar-refractivity contribution in [1.29, 1.82) is 0 Å². The van der Waals surface area contributed by atoms with E-state index in [2.05, 4.69) is 17.1 Å². The fourth-order valence-corrected chi connectivity index (χ4v) is 2.42. The number of hydrogen-bond donors (Lipinski definition) is 1. The standard InChI is InChI=1S/C12H22N2O/c1-2-14(10-7-8-10)12(15)11-6-4-3-5-9-13-11/h10-11,13H,2-9H2,1H3. The lowest BCUT2D eigenvalue weighted by Crippen LogP contribution is -2.47. The Kier molecular flexibility index (Phi) is 3.62. The fraction of sp³-hybridized carbons (Fsp3) is 0.917. The molecule has 1 atom stereocenters. The Morgan fingerprint density at radius 1 is 1.27 bits per heavy atom. The van der Waals surface area contributed by atoms with Gasteiger partial charge < -0.3 is 10.2 Å². The summed E-state index contributed by atoms with van der Waals surface area (Å²) in [5, 5.41) is 3.39. The molecule has 2 fully saturated rings. The van der Waals surface area contributed by atoms with Crippen LogP contribution in [-0.4, -0.2) is 36.0 Å². The Morgan fingerprint density at radius 2 is 2.07 bits per heavy atom. The monoisotopic (exact) mass is 210 g/mol. The summed E-state index contributed by atoms with van der Waals surface area (Å²) in [7, 11) is 0. The second kappa shape index (κ2) is 4.97. The zero-order valence-electron chi connectivity index (χ0n) is 9.67. The van der Waals surface area contributed by atoms with Crippen LogP contribution in [0.25, 0.3) is 0 Å². The molecule has 0 spiro atoms. The van der Waals surface area contributed by atoms with Gasteiger partial charge in [0, 0.05) is 12.6 Å². The second-order valence-corrected chi connectivity index (χ2v) is 4.71. The largest absolute Gasteiger partial charge is 0.339 e. The molecule has 1 saturated carbocycles. The molecule has 2 aliphatic rings. The highest BCUT2D eigenvalue weighted by Gasteiger charge is 2.34. The summed E-state index contributed by atoms with van der Waals surface area (Å²) in [6.45, 7) is 3.98. The van der Waals surface area contributed by atoms with Crippen molar-refractivity contribution in [2.24, 2.45) is 0 Å². The van der Waals surface area contributed by atoms with Gasteiger partial charge in [0.2, 0.25) is 5.91 Å². The molecule has 1 aliphatic heterocycles. The molecule has 3 nitrogen and oxygen atoms in total. The molecular formula is C12H22N2O. The van der Waals surface area contributed by atoms with Crippen LogP contribution in [0.4, 0.5) is 0 Å². The van der Waals surface area contributed by atoms with E-state index in [0.717, 1.165) is 19.5 Å². The fourth-order valence-electron chi connectivity index (χ4n) is 2.42. The highest BCUT2D eigenvalue weighted by molar-refractivity contribution is 5.82. The normalized spacial score (nSPS) is 27.1. The van der Waals surface area contributed by atoms with Gasteiger partial charge in [-0.05, 0) is 39.2 Å². The van der Waals surface area contributed by atoms with Crippen LogP contribution in [0.2, 0.25) is 0 Å². The average Bonchev–Trinajstić information content (AvgIpc) is 3.05. The van der Waals surface area contributed by atoms with Crippen LogP contribution in [0.5, 0.6) is 0 Å². The van der Waals surface area contributed by atoms with Crippen molar-refractivity contribution in [2.45, 2.75) is 57.5 Å². The summed E-state index contributed by atoms with van der Waals surface area (Å²) in [5.41, 5.74) is 0. The van der Waals surface area contributed by atoms with Crippen molar-refractivity contribution in [2.75, 3.05) is 13.1 Å². The van der Waals surface area contributed by atoms with Gasteiger partial charge in [0.05, 0.1) is 6.04 Å². The van der Waals surface area contributed by atoms with E-state index < -0.39 is 0 Å². The summed E-state index contributed by atoms with van der Waals surface area (Å²) in [6.07, 6.45) is 7.15. The third kappa shape index (κ3) is 2.71. The third-order valence-corrected chi connectivity index (χ3v) is 3.47. The molecule has 1 aliphatic carbocycles. The van der Waals surface area contributed by atoms with Crippen molar-refractivity contribution in [1.82, 2.24) is 10.2 Å². The molecule has 0 bridgehead atoms. The summed E-state index contributed by atoms with van der Waals surface area (Å²) in [4.78, 5) is 14.3. The quantitative estimate of drug-likeness (QED) is 0.766. The second-order valence-electron chi connectivity index (χ2n) is 4.71. The Morgan fingerprint density at radius 3 is 2.73 bits per heavy atom. The van der Waals surface area contributed by atoms with E-state index in [0.29, 0.717) is 11.9 Å². The van der Waals surface area contributed by atoms with E-state index in [1.165, 1.54) is 32.1 Å². The van der Waals surface area contributed by atoms with Gasteiger partial charge in [-0.25, -0.2) is 0 Å². The van der Waals surface area contributed by atoms with Crippen LogP contribution in [0.3, 0.4) is 0 Å². The van der Waals surface area contributed by atoms with Crippen molar-refractivity contribution in [3.8, 4) is 0 Å². The minimum Gasteiger partial charge on any atom is -0.339 e. The zero-order valence-corrected chi connectivity index (χ0v) is 9.67. The smallest absolute Gasteiger partial charge is 0.239 e. The predicted octanol–water partition coefficient (Wildman–Crippen LogP) is 1.53.